The van der Waals surface area contributed by atoms with Crippen LogP contribution in [0, 0.1) is 19.7 Å². The Hall–Kier alpha value is -1.75. The van der Waals surface area contributed by atoms with E-state index in [2.05, 4.69) is 26.8 Å². The lowest BCUT2D eigenvalue weighted by molar-refractivity contribution is 0.312. The molecule has 1 aliphatic rings. The second kappa shape index (κ2) is 4.98. The molecule has 1 saturated heterocycles. The van der Waals surface area contributed by atoms with Crippen molar-refractivity contribution in [3.05, 3.63) is 29.3 Å². The van der Waals surface area contributed by atoms with Gasteiger partial charge >= 0.3 is 0 Å². The molecule has 5 heteroatoms. The van der Waals surface area contributed by atoms with E-state index in [0.717, 1.165) is 43.1 Å². The van der Waals surface area contributed by atoms with Crippen LogP contribution in [0.15, 0.2) is 12.1 Å². The largest absolute Gasteiger partial charge is 0.367 e. The van der Waals surface area contributed by atoms with Gasteiger partial charge in [0.2, 0.25) is 0 Å². The summed E-state index contributed by atoms with van der Waals surface area (Å²) >= 11 is 0. The van der Waals surface area contributed by atoms with Crippen molar-refractivity contribution in [2.75, 3.05) is 38.1 Å². The Bertz CT molecular complexity index is 648. The van der Waals surface area contributed by atoms with E-state index < -0.39 is 0 Å². The number of anilines is 1. The fourth-order valence-electron chi connectivity index (χ4n) is 2.53. The lowest BCUT2D eigenvalue weighted by atomic mass is 10.2. The average molecular weight is 274 g/mol. The summed E-state index contributed by atoms with van der Waals surface area (Å²) in [7, 11) is 2.09. The predicted octanol–water partition coefficient (Wildman–Crippen LogP) is 2.14. The standard InChI is InChI=1S/C15H19FN4/c1-10-11(2)18-14-9-15(12(16)8-13(14)17-10)20-6-4-19(3)5-7-20/h8-9H,4-7H2,1-3H3. The van der Waals surface area contributed by atoms with Gasteiger partial charge in [0.15, 0.2) is 0 Å². The Balaban J connectivity index is 2.03. The zero-order valence-electron chi connectivity index (χ0n) is 12.1. The van der Waals surface area contributed by atoms with Gasteiger partial charge in [-0.2, -0.15) is 0 Å². The number of benzene rings is 1. The van der Waals surface area contributed by atoms with Crippen LogP contribution < -0.4 is 4.90 Å². The number of nitrogens with zero attached hydrogens (tertiary/aromatic N) is 4. The van der Waals surface area contributed by atoms with E-state index in [4.69, 9.17) is 0 Å². The van der Waals surface area contributed by atoms with Gasteiger partial charge in [-0.1, -0.05) is 0 Å². The summed E-state index contributed by atoms with van der Waals surface area (Å²) < 4.78 is 14.3. The van der Waals surface area contributed by atoms with Gasteiger partial charge in [-0.05, 0) is 27.0 Å². The molecule has 1 aromatic heterocycles. The minimum Gasteiger partial charge on any atom is -0.367 e. The molecule has 0 bridgehead atoms. The molecule has 0 spiro atoms. The third-order valence-corrected chi connectivity index (χ3v) is 3.99. The first kappa shape index (κ1) is 13.2. The molecule has 106 valence electrons. The highest BCUT2D eigenvalue weighted by Crippen LogP contribution is 2.25. The Morgan fingerprint density at radius 3 is 2.10 bits per heavy atom. The third kappa shape index (κ3) is 2.33. The summed E-state index contributed by atoms with van der Waals surface area (Å²) in [5.74, 6) is -0.209. The van der Waals surface area contributed by atoms with Crippen LogP contribution in [-0.2, 0) is 0 Å². The van der Waals surface area contributed by atoms with Crippen LogP contribution in [0.1, 0.15) is 11.4 Å². The molecule has 1 aromatic carbocycles. The maximum absolute atomic E-state index is 14.3. The molecule has 0 atom stereocenters. The summed E-state index contributed by atoms with van der Waals surface area (Å²) in [6, 6.07) is 3.33. The monoisotopic (exact) mass is 274 g/mol. The van der Waals surface area contributed by atoms with Gasteiger partial charge in [-0.15, -0.1) is 0 Å². The van der Waals surface area contributed by atoms with Crippen molar-refractivity contribution in [1.29, 1.82) is 0 Å². The Labute approximate surface area is 118 Å². The van der Waals surface area contributed by atoms with Crippen LogP contribution in [0.3, 0.4) is 0 Å². The van der Waals surface area contributed by atoms with Crippen molar-refractivity contribution in [3.8, 4) is 0 Å². The van der Waals surface area contributed by atoms with Crippen LogP contribution in [0.2, 0.25) is 0 Å². The molecular weight excluding hydrogens is 255 g/mol. The van der Waals surface area contributed by atoms with Gasteiger partial charge in [-0.25, -0.2) is 14.4 Å². The molecule has 2 heterocycles. The fraction of sp³-hybridized carbons (Fsp3) is 0.467. The van der Waals surface area contributed by atoms with Gasteiger partial charge < -0.3 is 9.80 Å². The Kier molecular flexibility index (Phi) is 3.30. The summed E-state index contributed by atoms with van der Waals surface area (Å²) in [5, 5.41) is 0. The minimum absolute atomic E-state index is 0.209. The minimum atomic E-state index is -0.209. The Morgan fingerprint density at radius 2 is 1.50 bits per heavy atom. The van der Waals surface area contributed by atoms with Gasteiger partial charge in [0, 0.05) is 32.2 Å². The highest BCUT2D eigenvalue weighted by molar-refractivity contribution is 5.79. The normalized spacial score (nSPS) is 16.9. The van der Waals surface area contributed by atoms with Crippen LogP contribution in [0.25, 0.3) is 11.0 Å². The van der Waals surface area contributed by atoms with Gasteiger partial charge in [0.1, 0.15) is 5.82 Å². The topological polar surface area (TPSA) is 32.3 Å². The molecule has 1 fully saturated rings. The molecular formula is C15H19FN4. The second-order valence-corrected chi connectivity index (χ2v) is 5.48. The molecule has 20 heavy (non-hydrogen) atoms. The maximum atomic E-state index is 14.3. The van der Waals surface area contributed by atoms with Crippen LogP contribution in [-0.4, -0.2) is 48.1 Å². The highest BCUT2D eigenvalue weighted by atomic mass is 19.1. The number of aromatic nitrogens is 2. The van der Waals surface area contributed by atoms with E-state index in [1.165, 1.54) is 6.07 Å². The number of hydrogen-bond acceptors (Lipinski definition) is 4. The van der Waals surface area contributed by atoms with Crippen LogP contribution in [0.5, 0.6) is 0 Å². The number of halogens is 1. The van der Waals surface area contributed by atoms with E-state index in [0.29, 0.717) is 11.2 Å². The summed E-state index contributed by atoms with van der Waals surface area (Å²) in [6.45, 7) is 7.43. The second-order valence-electron chi connectivity index (χ2n) is 5.48. The quantitative estimate of drug-likeness (QED) is 0.797. The molecule has 0 saturated carbocycles. The molecule has 3 rings (SSSR count). The van der Waals surface area contributed by atoms with Crippen molar-refractivity contribution >= 4 is 16.7 Å². The molecule has 0 unspecified atom stereocenters. The predicted molar refractivity (Wildman–Crippen MR) is 78.7 cm³/mol. The van der Waals surface area contributed by atoms with Crippen LogP contribution in [0.4, 0.5) is 10.1 Å². The van der Waals surface area contributed by atoms with E-state index in [9.17, 15) is 4.39 Å². The number of piperazine rings is 1. The molecule has 0 radical (unpaired) electrons. The smallest absolute Gasteiger partial charge is 0.148 e. The molecule has 1 aliphatic heterocycles. The van der Waals surface area contributed by atoms with E-state index in [1.807, 2.05) is 19.9 Å². The molecule has 2 aromatic rings. The van der Waals surface area contributed by atoms with E-state index in [1.54, 1.807) is 0 Å². The van der Waals surface area contributed by atoms with Crippen LogP contribution >= 0.6 is 0 Å². The van der Waals surface area contributed by atoms with Crippen molar-refractivity contribution in [3.63, 3.8) is 0 Å². The van der Waals surface area contributed by atoms with Gasteiger partial charge in [0.05, 0.1) is 28.1 Å². The van der Waals surface area contributed by atoms with Gasteiger partial charge in [0.25, 0.3) is 0 Å². The van der Waals surface area contributed by atoms with E-state index in [-0.39, 0.29) is 5.82 Å². The Morgan fingerprint density at radius 1 is 0.950 bits per heavy atom. The molecule has 0 N–H and O–H groups in total. The lowest BCUT2D eigenvalue weighted by Crippen LogP contribution is -2.44. The molecule has 0 aliphatic carbocycles. The number of fused-ring (bicyclic) bond motifs is 1. The van der Waals surface area contributed by atoms with Crippen molar-refractivity contribution in [2.24, 2.45) is 0 Å². The molecule has 4 nitrogen and oxygen atoms in total. The SMILES string of the molecule is Cc1nc2cc(F)c(N3CCN(C)CC3)cc2nc1C. The van der Waals surface area contributed by atoms with Gasteiger partial charge in [-0.3, -0.25) is 0 Å². The summed E-state index contributed by atoms with van der Waals surface area (Å²) in [4.78, 5) is 13.3. The zero-order valence-corrected chi connectivity index (χ0v) is 12.1. The maximum Gasteiger partial charge on any atom is 0.148 e. The first-order chi connectivity index (χ1) is 9.54. The summed E-state index contributed by atoms with van der Waals surface area (Å²) in [6.07, 6.45) is 0. The van der Waals surface area contributed by atoms with Crippen molar-refractivity contribution in [1.82, 2.24) is 14.9 Å². The van der Waals surface area contributed by atoms with Crippen molar-refractivity contribution in [2.45, 2.75) is 13.8 Å². The molecule has 0 amide bonds. The number of likely N-dealkylation sites (N-methyl/N-ethyl adjacent to an activating group) is 1. The lowest BCUT2D eigenvalue weighted by Gasteiger charge is -2.34. The zero-order chi connectivity index (χ0) is 14.3. The third-order valence-electron chi connectivity index (χ3n) is 3.99. The van der Waals surface area contributed by atoms with E-state index >= 15 is 0 Å². The first-order valence-corrected chi connectivity index (χ1v) is 6.92. The number of aryl methyl sites for hydroxylation is 2. The average Bonchev–Trinajstić information content (AvgIpc) is 2.41. The fourth-order valence-corrected chi connectivity index (χ4v) is 2.53. The highest BCUT2D eigenvalue weighted by Gasteiger charge is 2.18. The number of rotatable bonds is 1. The first-order valence-electron chi connectivity index (χ1n) is 6.92. The van der Waals surface area contributed by atoms with Crippen molar-refractivity contribution < 1.29 is 4.39 Å². The number of hydrogen-bond donors (Lipinski definition) is 0. The summed E-state index contributed by atoms with van der Waals surface area (Å²) in [5.41, 5.74) is 3.78.